The smallest absolute Gasteiger partial charge is 0.354 e. The van der Waals surface area contributed by atoms with Gasteiger partial charge in [0.2, 0.25) is 0 Å². The number of aromatic nitrogens is 2. The third-order valence-electron chi connectivity index (χ3n) is 2.39. The van der Waals surface area contributed by atoms with Crippen LogP contribution >= 0.6 is 11.6 Å². The summed E-state index contributed by atoms with van der Waals surface area (Å²) in [5.74, 6) is -0.763. The van der Waals surface area contributed by atoms with Gasteiger partial charge in [0, 0.05) is 6.20 Å². The van der Waals surface area contributed by atoms with Gasteiger partial charge in [-0.3, -0.25) is 4.57 Å². The summed E-state index contributed by atoms with van der Waals surface area (Å²) in [6, 6.07) is 4.57. The molecule has 2 aromatic rings. The van der Waals surface area contributed by atoms with Crippen LogP contribution in [-0.2, 0) is 0 Å². The summed E-state index contributed by atoms with van der Waals surface area (Å²) in [5.41, 5.74) is -0.362. The summed E-state index contributed by atoms with van der Waals surface area (Å²) in [7, 11) is 1.46. The van der Waals surface area contributed by atoms with Crippen LogP contribution in [0.2, 0.25) is 5.02 Å². The number of carboxylic acids is 1. The van der Waals surface area contributed by atoms with E-state index in [0.717, 1.165) is 10.8 Å². The molecule has 1 aromatic heterocycles. The number of nitrogens with one attached hydrogen (secondary N) is 1. The van der Waals surface area contributed by atoms with Crippen LogP contribution in [0.5, 0.6) is 5.75 Å². The van der Waals surface area contributed by atoms with Gasteiger partial charge < -0.3 is 14.8 Å². The van der Waals surface area contributed by atoms with Crippen molar-refractivity contribution in [2.24, 2.45) is 0 Å². The van der Waals surface area contributed by atoms with Gasteiger partial charge in [-0.05, 0) is 18.2 Å². The van der Waals surface area contributed by atoms with Gasteiger partial charge in [0.25, 0.3) is 0 Å². The maximum atomic E-state index is 11.6. The minimum Gasteiger partial charge on any atom is -0.495 e. The molecule has 0 bridgehead atoms. The maximum absolute atomic E-state index is 11.6. The molecule has 1 aromatic carbocycles. The summed E-state index contributed by atoms with van der Waals surface area (Å²) in [6.07, 6.45) is 1.13. The number of imidazole rings is 1. The normalized spacial score (nSPS) is 10.3. The standard InChI is InChI=1S/C11H9ClN2O4/c1-18-9-3-2-6(4-7(9)12)14-8(10(15)16)5-13-11(14)17/h2-5H,1H3,(H,13,17)(H,15,16). The Morgan fingerprint density at radius 2 is 2.22 bits per heavy atom. The lowest BCUT2D eigenvalue weighted by Crippen LogP contribution is -2.19. The number of nitrogens with zero attached hydrogens (tertiary/aromatic N) is 1. The third kappa shape index (κ3) is 1.98. The van der Waals surface area contributed by atoms with E-state index in [1.165, 1.54) is 13.2 Å². The Labute approximate surface area is 106 Å². The number of aromatic amines is 1. The average Bonchev–Trinajstić information content (AvgIpc) is 2.71. The molecule has 94 valence electrons. The molecule has 6 nitrogen and oxygen atoms in total. The zero-order chi connectivity index (χ0) is 13.3. The van der Waals surface area contributed by atoms with E-state index >= 15 is 0 Å². The highest BCUT2D eigenvalue weighted by Crippen LogP contribution is 2.26. The first-order valence-electron chi connectivity index (χ1n) is 4.92. The van der Waals surface area contributed by atoms with E-state index in [1.54, 1.807) is 12.1 Å². The van der Waals surface area contributed by atoms with E-state index in [4.69, 9.17) is 21.4 Å². The molecule has 0 aliphatic heterocycles. The molecule has 0 saturated carbocycles. The van der Waals surface area contributed by atoms with Gasteiger partial charge in [-0.25, -0.2) is 9.59 Å². The van der Waals surface area contributed by atoms with Crippen LogP contribution in [-0.4, -0.2) is 27.7 Å². The number of H-pyrrole nitrogens is 1. The lowest BCUT2D eigenvalue weighted by Gasteiger charge is -2.07. The summed E-state index contributed by atoms with van der Waals surface area (Å²) in [5, 5.41) is 9.26. The van der Waals surface area contributed by atoms with Crippen molar-refractivity contribution >= 4 is 17.6 Å². The quantitative estimate of drug-likeness (QED) is 0.884. The highest BCUT2D eigenvalue weighted by atomic mass is 35.5. The summed E-state index contributed by atoms with van der Waals surface area (Å²) >= 11 is 5.93. The lowest BCUT2D eigenvalue weighted by atomic mass is 10.3. The molecule has 2 N–H and O–H groups in total. The molecule has 18 heavy (non-hydrogen) atoms. The van der Waals surface area contributed by atoms with Gasteiger partial charge in [0.15, 0.2) is 5.69 Å². The molecule has 0 aliphatic carbocycles. The van der Waals surface area contributed by atoms with Crippen LogP contribution in [0.15, 0.2) is 29.2 Å². The number of carbonyl (C=O) groups is 1. The Morgan fingerprint density at radius 1 is 1.50 bits per heavy atom. The minimum atomic E-state index is -1.21. The van der Waals surface area contributed by atoms with Gasteiger partial charge in [-0.2, -0.15) is 0 Å². The largest absolute Gasteiger partial charge is 0.495 e. The zero-order valence-corrected chi connectivity index (χ0v) is 10.1. The van der Waals surface area contributed by atoms with Crippen molar-refractivity contribution in [3.63, 3.8) is 0 Å². The maximum Gasteiger partial charge on any atom is 0.354 e. The Morgan fingerprint density at radius 3 is 2.78 bits per heavy atom. The second-order valence-electron chi connectivity index (χ2n) is 3.44. The molecule has 0 aliphatic rings. The first-order valence-corrected chi connectivity index (χ1v) is 5.30. The van der Waals surface area contributed by atoms with Crippen LogP contribution in [0, 0.1) is 0 Å². The third-order valence-corrected chi connectivity index (χ3v) is 2.68. The molecule has 0 saturated heterocycles. The van der Waals surface area contributed by atoms with Crippen molar-refractivity contribution in [1.82, 2.24) is 9.55 Å². The van der Waals surface area contributed by atoms with Crippen molar-refractivity contribution in [3.05, 3.63) is 45.6 Å². The second-order valence-corrected chi connectivity index (χ2v) is 3.85. The first kappa shape index (κ1) is 12.3. The summed E-state index contributed by atoms with van der Waals surface area (Å²) < 4.78 is 6.00. The lowest BCUT2D eigenvalue weighted by molar-refractivity contribution is 0.0688. The molecule has 0 spiro atoms. The van der Waals surface area contributed by atoms with Gasteiger partial charge in [-0.15, -0.1) is 0 Å². The highest BCUT2D eigenvalue weighted by molar-refractivity contribution is 6.32. The van der Waals surface area contributed by atoms with Crippen molar-refractivity contribution in [2.45, 2.75) is 0 Å². The van der Waals surface area contributed by atoms with E-state index < -0.39 is 11.7 Å². The van der Waals surface area contributed by atoms with Gasteiger partial charge in [-0.1, -0.05) is 11.6 Å². The first-order chi connectivity index (χ1) is 8.54. The number of rotatable bonds is 3. The minimum absolute atomic E-state index is 0.166. The number of hydrogen-bond donors (Lipinski definition) is 2. The predicted molar refractivity (Wildman–Crippen MR) is 64.9 cm³/mol. The SMILES string of the molecule is COc1ccc(-n2c(C(=O)O)c[nH]c2=O)cc1Cl. The Hall–Kier alpha value is -2.21. The molecule has 7 heteroatoms. The molecule has 2 rings (SSSR count). The number of aromatic carboxylic acids is 1. The highest BCUT2D eigenvalue weighted by Gasteiger charge is 2.15. The Balaban J connectivity index is 2.62. The molecule has 0 atom stereocenters. The van der Waals surface area contributed by atoms with Crippen LogP contribution < -0.4 is 10.4 Å². The number of ether oxygens (including phenoxy) is 1. The number of benzene rings is 1. The van der Waals surface area contributed by atoms with Crippen molar-refractivity contribution < 1.29 is 14.6 Å². The van der Waals surface area contributed by atoms with Crippen molar-refractivity contribution in [2.75, 3.05) is 7.11 Å². The molecule has 1 heterocycles. The molecule has 0 amide bonds. The zero-order valence-electron chi connectivity index (χ0n) is 9.31. The predicted octanol–water partition coefficient (Wildman–Crippen LogP) is 1.53. The second kappa shape index (κ2) is 4.58. The van der Waals surface area contributed by atoms with Crippen LogP contribution in [0.3, 0.4) is 0 Å². The van der Waals surface area contributed by atoms with Crippen LogP contribution in [0.25, 0.3) is 5.69 Å². The van der Waals surface area contributed by atoms with E-state index in [9.17, 15) is 9.59 Å². The number of halogens is 1. The molecule has 0 fully saturated rings. The van der Waals surface area contributed by atoms with Gasteiger partial charge >= 0.3 is 11.7 Å². The molecule has 0 radical (unpaired) electrons. The monoisotopic (exact) mass is 268 g/mol. The Bertz CT molecular complexity index is 659. The fraction of sp³-hybridized carbons (Fsp3) is 0.0909. The van der Waals surface area contributed by atoms with Gasteiger partial charge in [0.05, 0.1) is 17.8 Å². The average molecular weight is 269 g/mol. The van der Waals surface area contributed by atoms with Crippen molar-refractivity contribution in [3.8, 4) is 11.4 Å². The fourth-order valence-corrected chi connectivity index (χ4v) is 1.83. The summed E-state index contributed by atoms with van der Waals surface area (Å²) in [4.78, 5) is 24.9. The van der Waals surface area contributed by atoms with E-state index in [1.807, 2.05) is 0 Å². The van der Waals surface area contributed by atoms with E-state index in [0.29, 0.717) is 16.5 Å². The van der Waals surface area contributed by atoms with E-state index in [-0.39, 0.29) is 5.69 Å². The number of hydrogen-bond acceptors (Lipinski definition) is 3. The topological polar surface area (TPSA) is 84.3 Å². The van der Waals surface area contributed by atoms with Crippen LogP contribution in [0.1, 0.15) is 10.5 Å². The fourth-order valence-electron chi connectivity index (χ4n) is 1.58. The number of methoxy groups -OCH3 is 1. The van der Waals surface area contributed by atoms with Gasteiger partial charge in [0.1, 0.15) is 5.75 Å². The molecular formula is C11H9ClN2O4. The number of carboxylic acid groups (broad SMARTS) is 1. The summed E-state index contributed by atoms with van der Waals surface area (Å²) in [6.45, 7) is 0. The van der Waals surface area contributed by atoms with Crippen molar-refractivity contribution in [1.29, 1.82) is 0 Å². The van der Waals surface area contributed by atoms with E-state index in [2.05, 4.69) is 4.98 Å². The molecule has 0 unspecified atom stereocenters. The molecular weight excluding hydrogens is 260 g/mol. The van der Waals surface area contributed by atoms with Crippen LogP contribution in [0.4, 0.5) is 0 Å². The Kier molecular flexibility index (Phi) is 3.12.